The number of thiocarbonyl (C=S) groups is 1. The molecule has 1 aliphatic rings. The summed E-state index contributed by atoms with van der Waals surface area (Å²) in [6.45, 7) is 1.72. The van der Waals surface area contributed by atoms with Gasteiger partial charge in [0.25, 0.3) is 0 Å². The van der Waals surface area contributed by atoms with Crippen molar-refractivity contribution in [3.05, 3.63) is 24.3 Å². The minimum atomic E-state index is -2.81. The summed E-state index contributed by atoms with van der Waals surface area (Å²) in [6.07, 6.45) is 3.60. The first-order chi connectivity index (χ1) is 10.5. The summed E-state index contributed by atoms with van der Waals surface area (Å²) >= 11 is 5.34. The molecule has 6 heteroatoms. The van der Waals surface area contributed by atoms with Crippen LogP contribution in [0.4, 0.5) is 14.5 Å². The van der Waals surface area contributed by atoms with Crippen LogP contribution in [0.5, 0.6) is 5.75 Å². The Labute approximate surface area is 135 Å². The first-order valence-corrected chi connectivity index (χ1v) is 7.99. The normalized spacial score (nSPS) is 24.9. The molecule has 0 radical (unpaired) electrons. The lowest BCUT2D eigenvalue weighted by atomic mass is 9.78. The molecule has 2 N–H and O–H groups in total. The molecule has 1 aromatic carbocycles. The van der Waals surface area contributed by atoms with Crippen molar-refractivity contribution in [2.45, 2.75) is 45.8 Å². The van der Waals surface area contributed by atoms with Gasteiger partial charge in [-0.2, -0.15) is 8.78 Å². The number of rotatable bonds is 4. The fourth-order valence-corrected chi connectivity index (χ4v) is 3.11. The van der Waals surface area contributed by atoms with Gasteiger partial charge >= 0.3 is 6.61 Å². The van der Waals surface area contributed by atoms with Crippen molar-refractivity contribution in [3.63, 3.8) is 0 Å². The Morgan fingerprint density at radius 2 is 1.91 bits per heavy atom. The van der Waals surface area contributed by atoms with Crippen molar-refractivity contribution >= 4 is 23.0 Å². The Morgan fingerprint density at radius 1 is 1.23 bits per heavy atom. The highest BCUT2D eigenvalue weighted by atomic mass is 32.1. The third kappa shape index (κ3) is 4.80. The van der Waals surface area contributed by atoms with Crippen LogP contribution < -0.4 is 15.4 Å². The van der Waals surface area contributed by atoms with Gasteiger partial charge in [0.1, 0.15) is 5.75 Å². The molecule has 1 saturated carbocycles. The highest BCUT2D eigenvalue weighted by Gasteiger charge is 2.27. The number of halogens is 2. The SMILES string of the molecule is C[C@H]1[C@@H](NC(=S)Nc2ccc(OC(F)F)cc2)CCC[C@@H]1C. The van der Waals surface area contributed by atoms with Gasteiger partial charge in [0.2, 0.25) is 0 Å². The molecule has 0 heterocycles. The molecule has 1 aliphatic carbocycles. The van der Waals surface area contributed by atoms with E-state index in [-0.39, 0.29) is 5.75 Å². The molecule has 1 aromatic rings. The van der Waals surface area contributed by atoms with E-state index in [9.17, 15) is 8.78 Å². The van der Waals surface area contributed by atoms with Crippen molar-refractivity contribution in [2.24, 2.45) is 11.8 Å². The molecule has 0 spiro atoms. The van der Waals surface area contributed by atoms with Gasteiger partial charge < -0.3 is 15.4 Å². The van der Waals surface area contributed by atoms with Crippen LogP contribution in [0.25, 0.3) is 0 Å². The standard InChI is InChI=1S/C16H22F2N2OS/c1-10-4-3-5-14(11(10)2)20-16(22)19-12-6-8-13(9-7-12)21-15(17)18/h6-11,14-15H,3-5H2,1-2H3,(H2,19,20,22)/t10-,11+,14-/m0/s1. The van der Waals surface area contributed by atoms with Crippen LogP contribution in [0, 0.1) is 11.8 Å². The summed E-state index contributed by atoms with van der Waals surface area (Å²) < 4.78 is 28.5. The van der Waals surface area contributed by atoms with Gasteiger partial charge in [0.15, 0.2) is 5.11 Å². The summed E-state index contributed by atoms with van der Waals surface area (Å²) in [7, 11) is 0. The summed E-state index contributed by atoms with van der Waals surface area (Å²) in [4.78, 5) is 0. The number of hydrogen-bond acceptors (Lipinski definition) is 2. The quantitative estimate of drug-likeness (QED) is 0.803. The first kappa shape index (κ1) is 16.9. The van der Waals surface area contributed by atoms with Crippen LogP contribution in [0.3, 0.4) is 0 Å². The van der Waals surface area contributed by atoms with Gasteiger partial charge in [-0.1, -0.05) is 26.7 Å². The summed E-state index contributed by atoms with van der Waals surface area (Å²) in [5, 5.41) is 7.01. The predicted molar refractivity (Wildman–Crippen MR) is 88.4 cm³/mol. The Hall–Kier alpha value is -1.43. The van der Waals surface area contributed by atoms with Crippen LogP contribution in [0.2, 0.25) is 0 Å². The lowest BCUT2D eigenvalue weighted by Gasteiger charge is -2.35. The van der Waals surface area contributed by atoms with Crippen LogP contribution in [-0.4, -0.2) is 17.8 Å². The number of hydrogen-bond donors (Lipinski definition) is 2. The van der Waals surface area contributed by atoms with E-state index in [1.807, 2.05) is 0 Å². The fraction of sp³-hybridized carbons (Fsp3) is 0.562. The second kappa shape index (κ2) is 7.72. The van der Waals surface area contributed by atoms with E-state index >= 15 is 0 Å². The zero-order chi connectivity index (χ0) is 16.1. The second-order valence-electron chi connectivity index (χ2n) is 5.88. The first-order valence-electron chi connectivity index (χ1n) is 7.58. The number of anilines is 1. The molecule has 22 heavy (non-hydrogen) atoms. The summed E-state index contributed by atoms with van der Waals surface area (Å²) in [5.41, 5.74) is 0.746. The lowest BCUT2D eigenvalue weighted by Crippen LogP contribution is -2.45. The number of ether oxygens (including phenoxy) is 1. The second-order valence-corrected chi connectivity index (χ2v) is 6.28. The minimum Gasteiger partial charge on any atom is -0.435 e. The molecular formula is C16H22F2N2OS. The molecular weight excluding hydrogens is 306 g/mol. The minimum absolute atomic E-state index is 0.133. The maximum absolute atomic E-state index is 12.1. The molecule has 122 valence electrons. The van der Waals surface area contributed by atoms with Gasteiger partial charge in [0.05, 0.1) is 0 Å². The lowest BCUT2D eigenvalue weighted by molar-refractivity contribution is -0.0498. The maximum Gasteiger partial charge on any atom is 0.387 e. The molecule has 0 amide bonds. The molecule has 2 rings (SSSR count). The molecule has 0 bridgehead atoms. The third-order valence-corrected chi connectivity index (χ3v) is 4.58. The van der Waals surface area contributed by atoms with Gasteiger partial charge in [-0.3, -0.25) is 0 Å². The predicted octanol–water partition coefficient (Wildman–Crippen LogP) is 4.40. The number of benzene rings is 1. The van der Waals surface area contributed by atoms with E-state index < -0.39 is 6.61 Å². The Kier molecular flexibility index (Phi) is 5.94. The van der Waals surface area contributed by atoms with Crippen LogP contribution in [0.1, 0.15) is 33.1 Å². The number of alkyl halides is 2. The number of nitrogens with one attached hydrogen (secondary N) is 2. The maximum atomic E-state index is 12.1. The molecule has 0 saturated heterocycles. The van der Waals surface area contributed by atoms with Crippen LogP contribution in [0.15, 0.2) is 24.3 Å². The average Bonchev–Trinajstić information content (AvgIpc) is 2.45. The monoisotopic (exact) mass is 328 g/mol. The van der Waals surface area contributed by atoms with Crippen molar-refractivity contribution in [2.75, 3.05) is 5.32 Å². The van der Waals surface area contributed by atoms with Crippen molar-refractivity contribution in [3.8, 4) is 5.75 Å². The van der Waals surface area contributed by atoms with Gasteiger partial charge in [-0.25, -0.2) is 0 Å². The Morgan fingerprint density at radius 3 is 2.55 bits per heavy atom. The summed E-state index contributed by atoms with van der Waals surface area (Å²) in [5.74, 6) is 1.41. The van der Waals surface area contributed by atoms with E-state index in [4.69, 9.17) is 12.2 Å². The Bertz CT molecular complexity index is 495. The Balaban J connectivity index is 1.86. The highest BCUT2D eigenvalue weighted by molar-refractivity contribution is 7.80. The van der Waals surface area contributed by atoms with Gasteiger partial charge in [-0.15, -0.1) is 0 Å². The van der Waals surface area contributed by atoms with Gasteiger partial charge in [-0.05, 0) is 54.7 Å². The third-order valence-electron chi connectivity index (χ3n) is 4.36. The van der Waals surface area contributed by atoms with E-state index in [0.717, 1.165) is 12.1 Å². The van der Waals surface area contributed by atoms with E-state index in [0.29, 0.717) is 23.0 Å². The molecule has 0 unspecified atom stereocenters. The molecule has 1 fully saturated rings. The average molecular weight is 328 g/mol. The summed E-state index contributed by atoms with van der Waals surface area (Å²) in [6, 6.07) is 6.69. The van der Waals surface area contributed by atoms with E-state index in [2.05, 4.69) is 29.2 Å². The van der Waals surface area contributed by atoms with Crippen LogP contribution in [-0.2, 0) is 0 Å². The molecule has 3 nitrogen and oxygen atoms in total. The largest absolute Gasteiger partial charge is 0.435 e. The van der Waals surface area contributed by atoms with Crippen LogP contribution >= 0.6 is 12.2 Å². The smallest absolute Gasteiger partial charge is 0.387 e. The highest BCUT2D eigenvalue weighted by Crippen LogP contribution is 2.29. The topological polar surface area (TPSA) is 33.3 Å². The van der Waals surface area contributed by atoms with E-state index in [1.54, 1.807) is 12.1 Å². The molecule has 3 atom stereocenters. The zero-order valence-corrected chi connectivity index (χ0v) is 13.6. The fourth-order valence-electron chi connectivity index (χ4n) is 2.84. The van der Waals surface area contributed by atoms with Crippen molar-refractivity contribution in [1.29, 1.82) is 0 Å². The van der Waals surface area contributed by atoms with Gasteiger partial charge in [0, 0.05) is 11.7 Å². The zero-order valence-electron chi connectivity index (χ0n) is 12.8. The van der Waals surface area contributed by atoms with Crippen molar-refractivity contribution in [1.82, 2.24) is 5.32 Å². The molecule has 0 aromatic heterocycles. The van der Waals surface area contributed by atoms with E-state index in [1.165, 1.54) is 25.0 Å². The van der Waals surface area contributed by atoms with Crippen molar-refractivity contribution < 1.29 is 13.5 Å². The molecule has 0 aliphatic heterocycles.